The van der Waals surface area contributed by atoms with E-state index in [0.29, 0.717) is 5.95 Å². The van der Waals surface area contributed by atoms with Crippen LogP contribution in [-0.2, 0) is 0 Å². The Morgan fingerprint density at radius 1 is 0.466 bits per heavy atom. The maximum Gasteiger partial charge on any atom is 0.235 e. The van der Waals surface area contributed by atoms with Gasteiger partial charge in [0.2, 0.25) is 5.95 Å². The highest BCUT2D eigenvalue weighted by molar-refractivity contribution is 7.26. The summed E-state index contributed by atoms with van der Waals surface area (Å²) in [6.45, 7) is 0. The number of fused-ring (bicyclic) bond motifs is 18. The van der Waals surface area contributed by atoms with Gasteiger partial charge in [-0.1, -0.05) is 127 Å². The van der Waals surface area contributed by atoms with Crippen molar-refractivity contribution in [1.82, 2.24) is 19.1 Å². The lowest BCUT2D eigenvalue weighted by atomic mass is 9.91. The van der Waals surface area contributed by atoms with Gasteiger partial charge in [-0.25, -0.2) is 9.97 Å². The Labute approximate surface area is 334 Å². The number of hydrogen-bond donors (Lipinski definition) is 0. The molecule has 0 aliphatic carbocycles. The summed E-state index contributed by atoms with van der Waals surface area (Å²) in [6.07, 6.45) is 0. The second-order valence-electron chi connectivity index (χ2n) is 15.2. The van der Waals surface area contributed by atoms with Gasteiger partial charge in [-0.2, -0.15) is 0 Å². The van der Waals surface area contributed by atoms with Gasteiger partial charge in [-0.05, 0) is 53.6 Å². The molecule has 5 nitrogen and oxygen atoms in total. The van der Waals surface area contributed by atoms with Crippen LogP contribution in [0.25, 0.3) is 131 Å². The molecule has 6 heteroatoms. The molecule has 0 atom stereocenters. The van der Waals surface area contributed by atoms with E-state index in [1.54, 1.807) is 11.3 Å². The van der Waals surface area contributed by atoms with E-state index in [9.17, 15) is 0 Å². The van der Waals surface area contributed by atoms with Gasteiger partial charge in [0.1, 0.15) is 11.2 Å². The Kier molecular flexibility index (Phi) is 5.85. The lowest BCUT2D eigenvalue weighted by Gasteiger charge is -2.13. The van der Waals surface area contributed by atoms with Crippen LogP contribution < -0.4 is 0 Å². The molecule has 0 spiro atoms. The molecule has 58 heavy (non-hydrogen) atoms. The van der Waals surface area contributed by atoms with Crippen molar-refractivity contribution in [2.24, 2.45) is 0 Å². The number of aromatic nitrogens is 4. The number of para-hydroxylation sites is 5. The summed E-state index contributed by atoms with van der Waals surface area (Å²) < 4.78 is 13.7. The molecule has 13 aromatic rings. The van der Waals surface area contributed by atoms with Crippen molar-refractivity contribution in [2.75, 3.05) is 0 Å². The number of hydrogen-bond acceptors (Lipinski definition) is 4. The first-order valence-corrected chi connectivity index (χ1v) is 20.4. The van der Waals surface area contributed by atoms with Crippen LogP contribution in [0.15, 0.2) is 174 Å². The highest BCUT2D eigenvalue weighted by atomic mass is 32.1. The summed E-state index contributed by atoms with van der Waals surface area (Å²) in [7, 11) is 0. The highest BCUT2D eigenvalue weighted by Gasteiger charge is 2.30. The molecule has 0 bridgehead atoms. The van der Waals surface area contributed by atoms with Gasteiger partial charge in [0, 0.05) is 59.1 Å². The third-order valence-corrected chi connectivity index (χ3v) is 13.5. The fourth-order valence-corrected chi connectivity index (χ4v) is 11.1. The Morgan fingerprint density at radius 3 is 2.00 bits per heavy atom. The van der Waals surface area contributed by atoms with E-state index in [1.165, 1.54) is 59.8 Å². The van der Waals surface area contributed by atoms with Crippen molar-refractivity contribution in [3.63, 3.8) is 0 Å². The van der Waals surface area contributed by atoms with Crippen LogP contribution >= 0.6 is 11.3 Å². The van der Waals surface area contributed by atoms with Gasteiger partial charge in [-0.3, -0.25) is 4.57 Å². The van der Waals surface area contributed by atoms with Crippen molar-refractivity contribution < 1.29 is 4.42 Å². The smallest absolute Gasteiger partial charge is 0.235 e. The first kappa shape index (κ1) is 30.7. The number of benzene rings is 8. The van der Waals surface area contributed by atoms with Crippen LogP contribution in [0.3, 0.4) is 0 Å². The normalized spacial score (nSPS) is 12.5. The summed E-state index contributed by atoms with van der Waals surface area (Å²) in [4.78, 5) is 11.2. The summed E-state index contributed by atoms with van der Waals surface area (Å²) in [5.41, 5.74) is 15.1. The number of furan rings is 1. The number of thiophene rings is 1. The molecule has 0 amide bonds. The van der Waals surface area contributed by atoms with E-state index < -0.39 is 0 Å². The van der Waals surface area contributed by atoms with Gasteiger partial charge in [0.05, 0.1) is 43.7 Å². The topological polar surface area (TPSA) is 48.8 Å². The molecular weight excluding hydrogens is 729 g/mol. The molecule has 6 heterocycles. The molecule has 5 aromatic heterocycles. The maximum atomic E-state index is 6.67. The Bertz CT molecular complexity index is 3940. The third kappa shape index (κ3) is 3.85. The summed E-state index contributed by atoms with van der Waals surface area (Å²) in [6, 6.07) is 61.0. The largest absolute Gasteiger partial charge is 0.455 e. The van der Waals surface area contributed by atoms with E-state index in [0.717, 1.165) is 65.2 Å². The zero-order chi connectivity index (χ0) is 37.6. The summed E-state index contributed by atoms with van der Waals surface area (Å²) in [5, 5.41) is 8.05. The molecule has 0 unspecified atom stereocenters. The standard InChI is InChI=1S/C52H28N4OS/c1-2-18-33-29(14-1)30-15-3-8-23-39(30)55-40-24-9-4-16-31(40)38-28-42-45(46(33)49(38)55)35-19-5-10-25-41(35)56(42)52-53-47-36-20-7-12-27-44(36)58-51(47)48(54-52)37-22-13-21-34-32-17-6-11-26-43(32)57-50(34)37/h1-28H. The first-order chi connectivity index (χ1) is 28.8. The molecule has 8 aromatic carbocycles. The van der Waals surface area contributed by atoms with Crippen LogP contribution in [0.5, 0.6) is 0 Å². The lowest BCUT2D eigenvalue weighted by molar-refractivity contribution is 0.670. The molecule has 0 radical (unpaired) electrons. The monoisotopic (exact) mass is 756 g/mol. The van der Waals surface area contributed by atoms with Crippen molar-refractivity contribution in [1.29, 1.82) is 0 Å². The SMILES string of the molecule is c1ccc2c(c1)-c1ccccc1-n1c3ccccc3c3cc4c(c-2c31)c1ccccc1n4-c1nc(-c2cccc3c2oc2ccccc23)c2sc3ccccc3c2n1. The molecule has 1 aliphatic rings. The van der Waals surface area contributed by atoms with Crippen molar-refractivity contribution >= 4 is 97.2 Å². The van der Waals surface area contributed by atoms with E-state index >= 15 is 0 Å². The number of nitrogens with zero attached hydrogens (tertiary/aromatic N) is 4. The van der Waals surface area contributed by atoms with Crippen LogP contribution in [0, 0.1) is 0 Å². The quantitative estimate of drug-likeness (QED) is 0.176. The molecule has 0 fully saturated rings. The van der Waals surface area contributed by atoms with Gasteiger partial charge in [-0.15, -0.1) is 11.3 Å². The third-order valence-electron chi connectivity index (χ3n) is 12.3. The Balaban J connectivity index is 1.18. The van der Waals surface area contributed by atoms with Crippen molar-refractivity contribution in [2.45, 2.75) is 0 Å². The van der Waals surface area contributed by atoms with Gasteiger partial charge >= 0.3 is 0 Å². The van der Waals surface area contributed by atoms with Crippen LogP contribution in [0.2, 0.25) is 0 Å². The Morgan fingerprint density at radius 2 is 1.12 bits per heavy atom. The van der Waals surface area contributed by atoms with Gasteiger partial charge in [0.15, 0.2) is 0 Å². The van der Waals surface area contributed by atoms with Crippen LogP contribution in [0.1, 0.15) is 0 Å². The van der Waals surface area contributed by atoms with Crippen LogP contribution in [0.4, 0.5) is 0 Å². The molecule has 1 aliphatic heterocycles. The first-order valence-electron chi connectivity index (χ1n) is 19.6. The summed E-state index contributed by atoms with van der Waals surface area (Å²) in [5.74, 6) is 0.630. The second kappa shape index (κ2) is 11.1. The maximum absolute atomic E-state index is 6.67. The van der Waals surface area contributed by atoms with Gasteiger partial charge < -0.3 is 8.98 Å². The molecule has 14 rings (SSSR count). The fourth-order valence-electron chi connectivity index (χ4n) is 9.93. The fraction of sp³-hybridized carbons (Fsp3) is 0. The average molecular weight is 757 g/mol. The molecule has 0 N–H and O–H groups in total. The lowest BCUT2D eigenvalue weighted by Crippen LogP contribution is -2.03. The second-order valence-corrected chi connectivity index (χ2v) is 16.3. The van der Waals surface area contributed by atoms with Crippen molar-refractivity contribution in [3.8, 4) is 45.1 Å². The van der Waals surface area contributed by atoms with E-state index in [-0.39, 0.29) is 0 Å². The minimum atomic E-state index is 0.630. The zero-order valence-corrected chi connectivity index (χ0v) is 31.6. The minimum Gasteiger partial charge on any atom is -0.455 e. The van der Waals surface area contributed by atoms with Gasteiger partial charge in [0.25, 0.3) is 0 Å². The Hall–Kier alpha value is -7.54. The highest BCUT2D eigenvalue weighted by Crippen LogP contribution is 2.52. The molecular formula is C52H28N4OS. The zero-order valence-electron chi connectivity index (χ0n) is 30.8. The summed E-state index contributed by atoms with van der Waals surface area (Å²) >= 11 is 1.74. The molecule has 0 saturated carbocycles. The predicted octanol–water partition coefficient (Wildman–Crippen LogP) is 14.3. The van der Waals surface area contributed by atoms with Crippen LogP contribution in [-0.4, -0.2) is 19.1 Å². The molecule has 0 saturated heterocycles. The minimum absolute atomic E-state index is 0.630. The van der Waals surface area contributed by atoms with E-state index in [2.05, 4.69) is 167 Å². The van der Waals surface area contributed by atoms with E-state index in [4.69, 9.17) is 14.4 Å². The average Bonchev–Trinajstić information content (AvgIpc) is 4.01. The van der Waals surface area contributed by atoms with E-state index in [1.807, 2.05) is 12.1 Å². The van der Waals surface area contributed by atoms with Crippen molar-refractivity contribution in [3.05, 3.63) is 170 Å². The molecule has 268 valence electrons. The predicted molar refractivity (Wildman–Crippen MR) is 241 cm³/mol. The number of rotatable bonds is 2.